The Morgan fingerprint density at radius 2 is 1.79 bits per heavy atom. The van der Waals surface area contributed by atoms with Gasteiger partial charge in [0.25, 0.3) is 0 Å². The van der Waals surface area contributed by atoms with Gasteiger partial charge in [0.15, 0.2) is 0 Å². The first kappa shape index (κ1) is 9.69. The zero-order chi connectivity index (χ0) is 9.80. The van der Waals surface area contributed by atoms with E-state index in [0.29, 0.717) is 5.92 Å². The van der Waals surface area contributed by atoms with Gasteiger partial charge in [-0.25, -0.2) is 5.48 Å². The second kappa shape index (κ2) is 4.58. The Morgan fingerprint density at radius 3 is 2.50 bits per heavy atom. The average Bonchev–Trinajstić information content (AvgIpc) is 2.30. The molecule has 0 saturated heterocycles. The summed E-state index contributed by atoms with van der Waals surface area (Å²) < 4.78 is 0. The molecule has 0 heterocycles. The fraction of sp³-hybridized carbons (Fsp3) is 0.500. The van der Waals surface area contributed by atoms with Crippen molar-refractivity contribution in [3.63, 3.8) is 0 Å². The fourth-order valence-electron chi connectivity index (χ4n) is 2.38. The molecule has 2 heteroatoms. The molecule has 0 aromatic heterocycles. The highest BCUT2D eigenvalue weighted by molar-refractivity contribution is 5.21. The maximum absolute atomic E-state index is 9.07. The van der Waals surface area contributed by atoms with Crippen LogP contribution in [0.5, 0.6) is 0 Å². The average molecular weight is 191 g/mol. The van der Waals surface area contributed by atoms with Gasteiger partial charge in [-0.05, 0) is 18.4 Å². The minimum absolute atomic E-state index is 0.242. The molecule has 0 amide bonds. The van der Waals surface area contributed by atoms with Gasteiger partial charge < -0.3 is 5.21 Å². The predicted molar refractivity (Wildman–Crippen MR) is 56.4 cm³/mol. The lowest BCUT2D eigenvalue weighted by molar-refractivity contribution is 0.0953. The van der Waals surface area contributed by atoms with Crippen LogP contribution < -0.4 is 5.48 Å². The van der Waals surface area contributed by atoms with Crippen molar-refractivity contribution in [2.45, 2.75) is 37.6 Å². The second-order valence-electron chi connectivity index (χ2n) is 4.04. The molecule has 1 aromatic rings. The third-order valence-corrected chi connectivity index (χ3v) is 3.16. The van der Waals surface area contributed by atoms with Crippen molar-refractivity contribution in [1.29, 1.82) is 0 Å². The highest BCUT2D eigenvalue weighted by Crippen LogP contribution is 2.32. The van der Waals surface area contributed by atoms with E-state index in [9.17, 15) is 0 Å². The molecule has 1 saturated carbocycles. The molecule has 0 aliphatic heterocycles. The summed E-state index contributed by atoms with van der Waals surface area (Å²) in [6.45, 7) is 0. The van der Waals surface area contributed by atoms with Crippen LogP contribution in [0, 0.1) is 0 Å². The third-order valence-electron chi connectivity index (χ3n) is 3.16. The van der Waals surface area contributed by atoms with Crippen molar-refractivity contribution in [3.8, 4) is 0 Å². The van der Waals surface area contributed by atoms with Gasteiger partial charge in [-0.2, -0.15) is 0 Å². The molecular weight excluding hydrogens is 174 g/mol. The number of hydroxylamine groups is 1. The van der Waals surface area contributed by atoms with E-state index in [0.717, 1.165) is 6.42 Å². The molecule has 1 aliphatic rings. The number of hydrogen-bond donors (Lipinski definition) is 2. The monoisotopic (exact) mass is 191 g/mol. The zero-order valence-electron chi connectivity index (χ0n) is 8.32. The Labute approximate surface area is 84.9 Å². The molecule has 0 radical (unpaired) electrons. The van der Waals surface area contributed by atoms with E-state index in [1.165, 1.54) is 24.8 Å². The van der Waals surface area contributed by atoms with Gasteiger partial charge >= 0.3 is 0 Å². The van der Waals surface area contributed by atoms with Crippen LogP contribution >= 0.6 is 0 Å². The Bertz CT molecular complexity index is 273. The van der Waals surface area contributed by atoms with Crippen LogP contribution in [0.3, 0.4) is 0 Å². The van der Waals surface area contributed by atoms with Crippen molar-refractivity contribution >= 4 is 0 Å². The highest BCUT2D eigenvalue weighted by Gasteiger charge is 2.25. The summed E-state index contributed by atoms with van der Waals surface area (Å²) >= 11 is 0. The van der Waals surface area contributed by atoms with E-state index < -0.39 is 0 Å². The molecule has 1 fully saturated rings. The fourth-order valence-corrected chi connectivity index (χ4v) is 2.38. The van der Waals surface area contributed by atoms with E-state index in [1.807, 2.05) is 6.07 Å². The quantitative estimate of drug-likeness (QED) is 0.704. The smallest absolute Gasteiger partial charge is 0.0388 e. The molecule has 1 aliphatic carbocycles. The number of rotatable bonds is 2. The maximum atomic E-state index is 9.07. The molecule has 2 rings (SSSR count). The summed E-state index contributed by atoms with van der Waals surface area (Å²) in [7, 11) is 0. The van der Waals surface area contributed by atoms with E-state index in [2.05, 4.69) is 29.7 Å². The predicted octanol–water partition coefficient (Wildman–Crippen LogP) is 2.69. The van der Waals surface area contributed by atoms with Crippen LogP contribution in [0.15, 0.2) is 30.3 Å². The van der Waals surface area contributed by atoms with Crippen LogP contribution in [-0.4, -0.2) is 11.2 Å². The van der Waals surface area contributed by atoms with E-state index in [4.69, 9.17) is 5.21 Å². The van der Waals surface area contributed by atoms with Crippen LogP contribution in [0.2, 0.25) is 0 Å². The van der Waals surface area contributed by atoms with Crippen molar-refractivity contribution in [3.05, 3.63) is 35.9 Å². The first-order valence-electron chi connectivity index (χ1n) is 5.36. The summed E-state index contributed by atoms with van der Waals surface area (Å²) in [6, 6.07) is 10.7. The minimum atomic E-state index is 0.242. The Balaban J connectivity index is 2.15. The van der Waals surface area contributed by atoms with Gasteiger partial charge in [-0.1, -0.05) is 43.2 Å². The maximum Gasteiger partial charge on any atom is 0.0388 e. The van der Waals surface area contributed by atoms with Crippen LogP contribution in [0.25, 0.3) is 0 Å². The topological polar surface area (TPSA) is 32.3 Å². The number of benzene rings is 1. The van der Waals surface area contributed by atoms with Gasteiger partial charge in [-0.15, -0.1) is 0 Å². The van der Waals surface area contributed by atoms with Crippen molar-refractivity contribution in [2.75, 3.05) is 0 Å². The van der Waals surface area contributed by atoms with Gasteiger partial charge in [0.1, 0.15) is 0 Å². The molecular formula is C12H17NO. The van der Waals surface area contributed by atoms with Gasteiger partial charge in [-0.3, -0.25) is 0 Å². The summed E-state index contributed by atoms with van der Waals surface area (Å²) in [5, 5.41) is 9.07. The molecule has 14 heavy (non-hydrogen) atoms. The molecule has 2 atom stereocenters. The lowest BCUT2D eigenvalue weighted by Gasteiger charge is -2.30. The van der Waals surface area contributed by atoms with Gasteiger partial charge in [0, 0.05) is 12.0 Å². The molecule has 2 nitrogen and oxygen atoms in total. The van der Waals surface area contributed by atoms with E-state index in [-0.39, 0.29) is 6.04 Å². The SMILES string of the molecule is ONC1CCCCC1c1ccccc1. The van der Waals surface area contributed by atoms with Crippen LogP contribution in [0.1, 0.15) is 37.2 Å². The Hall–Kier alpha value is -0.860. The van der Waals surface area contributed by atoms with Crippen molar-refractivity contribution < 1.29 is 5.21 Å². The molecule has 0 spiro atoms. The van der Waals surface area contributed by atoms with Gasteiger partial charge in [0.2, 0.25) is 0 Å². The first-order valence-corrected chi connectivity index (χ1v) is 5.36. The molecule has 0 bridgehead atoms. The Morgan fingerprint density at radius 1 is 1.07 bits per heavy atom. The largest absolute Gasteiger partial charge is 0.317 e. The molecule has 1 aromatic carbocycles. The van der Waals surface area contributed by atoms with E-state index in [1.54, 1.807) is 0 Å². The normalized spacial score (nSPS) is 27.5. The van der Waals surface area contributed by atoms with Gasteiger partial charge in [0.05, 0.1) is 0 Å². The number of hydrogen-bond acceptors (Lipinski definition) is 2. The summed E-state index contributed by atoms with van der Waals surface area (Å²) in [5.74, 6) is 0.481. The number of nitrogens with one attached hydrogen (secondary N) is 1. The molecule has 2 N–H and O–H groups in total. The lowest BCUT2D eigenvalue weighted by Crippen LogP contribution is -2.34. The summed E-state index contributed by atoms with van der Waals surface area (Å²) in [5.41, 5.74) is 3.80. The van der Waals surface area contributed by atoms with Crippen molar-refractivity contribution in [2.24, 2.45) is 0 Å². The van der Waals surface area contributed by atoms with Crippen LogP contribution in [-0.2, 0) is 0 Å². The van der Waals surface area contributed by atoms with Crippen LogP contribution in [0.4, 0.5) is 0 Å². The lowest BCUT2D eigenvalue weighted by atomic mass is 9.80. The third kappa shape index (κ3) is 1.97. The molecule has 76 valence electrons. The summed E-state index contributed by atoms with van der Waals surface area (Å²) in [6.07, 6.45) is 4.76. The first-order chi connectivity index (χ1) is 6.92. The van der Waals surface area contributed by atoms with E-state index >= 15 is 0 Å². The summed E-state index contributed by atoms with van der Waals surface area (Å²) in [4.78, 5) is 0. The Kier molecular flexibility index (Phi) is 3.17. The highest BCUT2D eigenvalue weighted by atomic mass is 16.5. The zero-order valence-corrected chi connectivity index (χ0v) is 8.32. The second-order valence-corrected chi connectivity index (χ2v) is 4.04. The standard InChI is InChI=1S/C12H17NO/c14-13-12-9-5-4-8-11(12)10-6-2-1-3-7-10/h1-3,6-7,11-14H,4-5,8-9H2. The minimum Gasteiger partial charge on any atom is -0.317 e. The molecule has 2 unspecified atom stereocenters. The van der Waals surface area contributed by atoms with Crippen molar-refractivity contribution in [1.82, 2.24) is 5.48 Å².